The fraction of sp³-hybridized carbons (Fsp3) is 0.273. The summed E-state index contributed by atoms with van der Waals surface area (Å²) in [5.41, 5.74) is 4.59. The molecular weight excluding hydrogens is 452 g/mol. The Labute approximate surface area is 185 Å². The second-order valence-electron chi connectivity index (χ2n) is 7.18. The standard InChI is InChI=1S/C22H23BrN4O.ClH/c1-15-3-2-4-19(13-15)27-21(16-9-11-24-12-10-16)20(14-25-27)22(28)26-18-7-5-17(23)6-8-18;/h2-8,13-14,16,24H,9-12H2,1H3,(H,26,28);1H. The Morgan fingerprint density at radius 1 is 1.17 bits per heavy atom. The smallest absolute Gasteiger partial charge is 0.259 e. The van der Waals surface area contributed by atoms with Gasteiger partial charge in [-0.15, -0.1) is 12.4 Å². The lowest BCUT2D eigenvalue weighted by molar-refractivity contribution is 0.102. The zero-order valence-corrected chi connectivity index (χ0v) is 18.6. The number of amides is 1. The third-order valence-electron chi connectivity index (χ3n) is 5.13. The van der Waals surface area contributed by atoms with Crippen molar-refractivity contribution in [1.29, 1.82) is 0 Å². The summed E-state index contributed by atoms with van der Waals surface area (Å²) in [4.78, 5) is 13.1. The minimum atomic E-state index is -0.116. The molecule has 3 aromatic rings. The van der Waals surface area contributed by atoms with Gasteiger partial charge in [-0.1, -0.05) is 28.1 Å². The van der Waals surface area contributed by atoms with Crippen LogP contribution in [0.2, 0.25) is 0 Å². The van der Waals surface area contributed by atoms with Gasteiger partial charge in [0.25, 0.3) is 5.91 Å². The SMILES string of the molecule is Cc1cccc(-n2ncc(C(=O)Nc3ccc(Br)cc3)c2C2CCNCC2)c1.Cl. The quantitative estimate of drug-likeness (QED) is 0.553. The molecular formula is C22H24BrClN4O. The Hall–Kier alpha value is -2.15. The number of rotatable bonds is 4. The van der Waals surface area contributed by atoms with E-state index in [1.54, 1.807) is 6.20 Å². The molecule has 7 heteroatoms. The Morgan fingerprint density at radius 3 is 2.59 bits per heavy atom. The zero-order chi connectivity index (χ0) is 19.5. The molecule has 2 aromatic carbocycles. The molecule has 4 rings (SSSR count). The van der Waals surface area contributed by atoms with E-state index in [1.807, 2.05) is 41.1 Å². The highest BCUT2D eigenvalue weighted by Crippen LogP contribution is 2.31. The van der Waals surface area contributed by atoms with Crippen molar-refractivity contribution < 1.29 is 4.79 Å². The molecule has 1 aromatic heterocycles. The van der Waals surface area contributed by atoms with Gasteiger partial charge in [0.2, 0.25) is 0 Å². The van der Waals surface area contributed by atoms with Gasteiger partial charge >= 0.3 is 0 Å². The normalized spacial score (nSPS) is 14.3. The largest absolute Gasteiger partial charge is 0.322 e. The number of hydrogen-bond acceptors (Lipinski definition) is 3. The summed E-state index contributed by atoms with van der Waals surface area (Å²) in [6.45, 7) is 3.98. The maximum absolute atomic E-state index is 13.1. The molecule has 1 fully saturated rings. The molecule has 29 heavy (non-hydrogen) atoms. The van der Waals surface area contributed by atoms with Crippen molar-refractivity contribution in [3.8, 4) is 5.69 Å². The molecule has 2 N–H and O–H groups in total. The van der Waals surface area contributed by atoms with Crippen molar-refractivity contribution in [3.63, 3.8) is 0 Å². The number of benzene rings is 2. The summed E-state index contributed by atoms with van der Waals surface area (Å²) in [5, 5.41) is 11.0. The van der Waals surface area contributed by atoms with Crippen molar-refractivity contribution in [2.45, 2.75) is 25.7 Å². The van der Waals surface area contributed by atoms with Gasteiger partial charge in [0.1, 0.15) is 0 Å². The molecule has 2 heterocycles. The molecule has 1 aliphatic rings. The monoisotopic (exact) mass is 474 g/mol. The Morgan fingerprint density at radius 2 is 1.90 bits per heavy atom. The molecule has 0 radical (unpaired) electrons. The first-order chi connectivity index (χ1) is 13.6. The molecule has 152 valence electrons. The number of hydrogen-bond donors (Lipinski definition) is 2. The number of carbonyl (C=O) groups is 1. The van der Waals surface area contributed by atoms with Crippen molar-refractivity contribution in [3.05, 3.63) is 76.0 Å². The summed E-state index contributed by atoms with van der Waals surface area (Å²) < 4.78 is 2.92. The number of halogens is 2. The van der Waals surface area contributed by atoms with Crippen molar-refractivity contribution in [2.75, 3.05) is 18.4 Å². The van der Waals surface area contributed by atoms with Crippen LogP contribution in [0.15, 0.2) is 59.2 Å². The highest BCUT2D eigenvalue weighted by atomic mass is 79.9. The Balaban J connectivity index is 0.00000240. The summed E-state index contributed by atoms with van der Waals surface area (Å²) in [5.74, 6) is 0.185. The molecule has 1 amide bonds. The van der Waals surface area contributed by atoms with E-state index in [1.165, 1.54) is 5.56 Å². The maximum atomic E-state index is 13.1. The van der Waals surface area contributed by atoms with Gasteiger partial charge in [0.05, 0.1) is 23.1 Å². The predicted octanol–water partition coefficient (Wildman–Crippen LogP) is 5.08. The molecule has 1 saturated heterocycles. The van der Waals surface area contributed by atoms with Crippen molar-refractivity contribution >= 4 is 39.9 Å². The molecule has 0 aliphatic carbocycles. The van der Waals surface area contributed by atoms with Gasteiger partial charge in [-0.05, 0) is 74.8 Å². The van der Waals surface area contributed by atoms with Gasteiger partial charge in [-0.25, -0.2) is 4.68 Å². The molecule has 1 aliphatic heterocycles. The minimum Gasteiger partial charge on any atom is -0.322 e. The summed E-state index contributed by atoms with van der Waals surface area (Å²) in [7, 11) is 0. The highest BCUT2D eigenvalue weighted by Gasteiger charge is 2.27. The van der Waals surface area contributed by atoms with Crippen LogP contribution in [0.25, 0.3) is 5.69 Å². The maximum Gasteiger partial charge on any atom is 0.259 e. The summed E-state index contributed by atoms with van der Waals surface area (Å²) in [6, 6.07) is 15.8. The van der Waals surface area contributed by atoms with Gasteiger partial charge < -0.3 is 10.6 Å². The average Bonchev–Trinajstić information content (AvgIpc) is 3.16. The number of aryl methyl sites for hydroxylation is 1. The third-order valence-corrected chi connectivity index (χ3v) is 5.65. The second kappa shape index (κ2) is 9.57. The number of nitrogens with zero attached hydrogens (tertiary/aromatic N) is 2. The third kappa shape index (κ3) is 4.89. The minimum absolute atomic E-state index is 0. The van der Waals surface area contributed by atoms with Crippen LogP contribution < -0.4 is 10.6 Å². The van der Waals surface area contributed by atoms with Crippen LogP contribution >= 0.6 is 28.3 Å². The second-order valence-corrected chi connectivity index (χ2v) is 8.10. The van der Waals surface area contributed by atoms with E-state index in [4.69, 9.17) is 0 Å². The van der Waals surface area contributed by atoms with E-state index in [2.05, 4.69) is 50.7 Å². The molecule has 0 spiro atoms. The van der Waals surface area contributed by atoms with E-state index in [0.717, 1.165) is 47.5 Å². The number of anilines is 1. The van der Waals surface area contributed by atoms with E-state index in [0.29, 0.717) is 11.5 Å². The van der Waals surface area contributed by atoms with Gasteiger partial charge in [-0.2, -0.15) is 5.10 Å². The lowest BCUT2D eigenvalue weighted by atomic mass is 9.91. The van der Waals surface area contributed by atoms with Crippen LogP contribution in [-0.2, 0) is 0 Å². The molecule has 5 nitrogen and oxygen atoms in total. The predicted molar refractivity (Wildman–Crippen MR) is 122 cm³/mol. The van der Waals surface area contributed by atoms with Crippen LogP contribution in [0.5, 0.6) is 0 Å². The number of aromatic nitrogens is 2. The highest BCUT2D eigenvalue weighted by molar-refractivity contribution is 9.10. The topological polar surface area (TPSA) is 59.0 Å². The van der Waals surface area contributed by atoms with Crippen molar-refractivity contribution in [1.82, 2.24) is 15.1 Å². The molecule has 0 unspecified atom stereocenters. The zero-order valence-electron chi connectivity index (χ0n) is 16.2. The molecule has 0 atom stereocenters. The first-order valence-corrected chi connectivity index (χ1v) is 10.3. The fourth-order valence-electron chi connectivity index (χ4n) is 3.72. The summed E-state index contributed by atoms with van der Waals surface area (Å²) >= 11 is 3.42. The van der Waals surface area contributed by atoms with Crippen LogP contribution in [0.1, 0.15) is 40.4 Å². The Kier molecular flexibility index (Phi) is 7.11. The Bertz CT molecular complexity index is 981. The molecule has 0 saturated carbocycles. The van der Waals surface area contributed by atoms with E-state index in [9.17, 15) is 4.79 Å². The summed E-state index contributed by atoms with van der Waals surface area (Å²) in [6.07, 6.45) is 3.69. The van der Waals surface area contributed by atoms with Crippen LogP contribution in [0.4, 0.5) is 5.69 Å². The average molecular weight is 476 g/mol. The van der Waals surface area contributed by atoms with Crippen LogP contribution in [0.3, 0.4) is 0 Å². The van der Waals surface area contributed by atoms with Crippen molar-refractivity contribution in [2.24, 2.45) is 0 Å². The fourth-order valence-corrected chi connectivity index (χ4v) is 3.98. The van der Waals surface area contributed by atoms with Crippen LogP contribution in [0, 0.1) is 6.92 Å². The lowest BCUT2D eigenvalue weighted by Crippen LogP contribution is -2.29. The first-order valence-electron chi connectivity index (χ1n) is 9.54. The van der Waals surface area contributed by atoms with Gasteiger partial charge in [0.15, 0.2) is 0 Å². The van der Waals surface area contributed by atoms with E-state index < -0.39 is 0 Å². The van der Waals surface area contributed by atoms with Gasteiger partial charge in [-0.3, -0.25) is 4.79 Å². The van der Waals surface area contributed by atoms with Gasteiger partial charge in [0, 0.05) is 16.1 Å². The lowest BCUT2D eigenvalue weighted by Gasteiger charge is -2.24. The van der Waals surface area contributed by atoms with Crippen LogP contribution in [-0.4, -0.2) is 28.8 Å². The van der Waals surface area contributed by atoms with E-state index >= 15 is 0 Å². The molecule has 0 bridgehead atoms. The number of piperidine rings is 1. The van der Waals surface area contributed by atoms with E-state index in [-0.39, 0.29) is 18.3 Å². The first kappa shape index (κ1) is 21.6. The number of carbonyl (C=O) groups excluding carboxylic acids is 1. The number of nitrogens with one attached hydrogen (secondary N) is 2.